The van der Waals surface area contributed by atoms with Gasteiger partial charge in [0.2, 0.25) is 0 Å². The van der Waals surface area contributed by atoms with E-state index in [2.05, 4.69) is 0 Å². The number of rotatable bonds is 4. The summed E-state index contributed by atoms with van der Waals surface area (Å²) in [6, 6.07) is -0.353. The second-order valence-corrected chi connectivity index (χ2v) is 4.12. The Hall–Kier alpha value is -1.30. The summed E-state index contributed by atoms with van der Waals surface area (Å²) in [6.45, 7) is 1.33. The molecule has 0 aromatic carbocycles. The minimum absolute atomic E-state index is 0.0296. The number of carbonyl (C=O) groups is 2. The van der Waals surface area contributed by atoms with Crippen LogP contribution in [0.1, 0.15) is 19.3 Å². The molecule has 90 valence electrons. The van der Waals surface area contributed by atoms with Crippen molar-refractivity contribution in [2.24, 2.45) is 0 Å². The topological polar surface area (TPSA) is 76.1 Å². The lowest BCUT2D eigenvalue weighted by Crippen LogP contribution is -2.40. The van der Waals surface area contributed by atoms with Crippen LogP contribution < -0.4 is 0 Å². The Balaban J connectivity index is 1.92. The maximum atomic E-state index is 11.4. The first-order chi connectivity index (χ1) is 7.66. The first-order valence-corrected chi connectivity index (χ1v) is 5.43. The van der Waals surface area contributed by atoms with Crippen LogP contribution in [0, 0.1) is 0 Å². The summed E-state index contributed by atoms with van der Waals surface area (Å²) in [5.41, 5.74) is 0. The predicted molar refractivity (Wildman–Crippen MR) is 53.1 cm³/mol. The SMILES string of the molecule is O=C(O)CC1COC(=O)N1CC1CCCO1. The second-order valence-electron chi connectivity index (χ2n) is 4.12. The summed E-state index contributed by atoms with van der Waals surface area (Å²) >= 11 is 0. The van der Waals surface area contributed by atoms with Crippen LogP contribution in [0.4, 0.5) is 4.79 Å². The zero-order valence-electron chi connectivity index (χ0n) is 8.92. The van der Waals surface area contributed by atoms with E-state index in [0.29, 0.717) is 6.54 Å². The van der Waals surface area contributed by atoms with Gasteiger partial charge in [-0.15, -0.1) is 0 Å². The molecular weight excluding hydrogens is 214 g/mol. The Bertz CT molecular complexity index is 287. The lowest BCUT2D eigenvalue weighted by atomic mass is 10.1. The molecule has 6 heteroatoms. The van der Waals surface area contributed by atoms with Crippen LogP contribution in [-0.4, -0.2) is 54.0 Å². The van der Waals surface area contributed by atoms with Crippen LogP contribution in [0.3, 0.4) is 0 Å². The number of nitrogens with zero attached hydrogens (tertiary/aromatic N) is 1. The van der Waals surface area contributed by atoms with E-state index in [1.54, 1.807) is 0 Å². The molecule has 0 saturated carbocycles. The van der Waals surface area contributed by atoms with E-state index in [9.17, 15) is 9.59 Å². The third-order valence-electron chi connectivity index (χ3n) is 2.91. The quantitative estimate of drug-likeness (QED) is 0.758. The van der Waals surface area contributed by atoms with Gasteiger partial charge < -0.3 is 14.6 Å². The molecule has 2 saturated heterocycles. The molecule has 0 aromatic rings. The highest BCUT2D eigenvalue weighted by atomic mass is 16.6. The van der Waals surface area contributed by atoms with Gasteiger partial charge in [0.1, 0.15) is 6.61 Å². The van der Waals surface area contributed by atoms with E-state index >= 15 is 0 Å². The number of carbonyl (C=O) groups excluding carboxylic acids is 1. The minimum Gasteiger partial charge on any atom is -0.481 e. The molecule has 0 radical (unpaired) electrons. The van der Waals surface area contributed by atoms with E-state index in [1.165, 1.54) is 4.90 Å². The third kappa shape index (κ3) is 2.44. The highest BCUT2D eigenvalue weighted by Gasteiger charge is 2.36. The first-order valence-electron chi connectivity index (χ1n) is 5.43. The molecule has 2 heterocycles. The number of hydrogen-bond acceptors (Lipinski definition) is 4. The van der Waals surface area contributed by atoms with Crippen LogP contribution in [-0.2, 0) is 14.3 Å². The van der Waals surface area contributed by atoms with Gasteiger partial charge in [0.25, 0.3) is 0 Å². The van der Waals surface area contributed by atoms with Crippen molar-refractivity contribution in [3.05, 3.63) is 0 Å². The average molecular weight is 229 g/mol. The molecule has 2 atom stereocenters. The second kappa shape index (κ2) is 4.69. The standard InChI is InChI=1S/C10H15NO5/c12-9(13)4-7-6-16-10(14)11(7)5-8-2-1-3-15-8/h7-8H,1-6H2,(H,12,13). The number of amides is 1. The minimum atomic E-state index is -0.916. The third-order valence-corrected chi connectivity index (χ3v) is 2.91. The maximum absolute atomic E-state index is 11.4. The van der Waals surface area contributed by atoms with Crippen LogP contribution in [0.15, 0.2) is 0 Å². The predicted octanol–water partition coefficient (Wildman–Crippen LogP) is 0.461. The molecule has 2 rings (SSSR count). The van der Waals surface area contributed by atoms with Gasteiger partial charge in [-0.2, -0.15) is 0 Å². The molecule has 2 unspecified atom stereocenters. The van der Waals surface area contributed by atoms with Crippen molar-refractivity contribution >= 4 is 12.1 Å². The molecule has 0 aromatic heterocycles. The molecule has 1 N–H and O–H groups in total. The Kier molecular flexibility index (Phi) is 3.28. The number of ether oxygens (including phenoxy) is 2. The molecule has 2 aliphatic rings. The van der Waals surface area contributed by atoms with Crippen molar-refractivity contribution in [3.8, 4) is 0 Å². The maximum Gasteiger partial charge on any atom is 0.410 e. The number of hydrogen-bond donors (Lipinski definition) is 1. The van der Waals surface area contributed by atoms with Gasteiger partial charge in [-0.3, -0.25) is 9.69 Å². The zero-order chi connectivity index (χ0) is 11.5. The summed E-state index contributed by atoms with van der Waals surface area (Å²) in [5.74, 6) is -0.916. The van der Waals surface area contributed by atoms with E-state index < -0.39 is 12.1 Å². The molecule has 2 fully saturated rings. The van der Waals surface area contributed by atoms with Crippen molar-refractivity contribution in [1.29, 1.82) is 0 Å². The summed E-state index contributed by atoms with van der Waals surface area (Å²) in [4.78, 5) is 23.5. The van der Waals surface area contributed by atoms with E-state index in [0.717, 1.165) is 19.4 Å². The number of carboxylic acid groups (broad SMARTS) is 1. The van der Waals surface area contributed by atoms with Crippen molar-refractivity contribution < 1.29 is 24.2 Å². The van der Waals surface area contributed by atoms with E-state index in [-0.39, 0.29) is 25.2 Å². The lowest BCUT2D eigenvalue weighted by Gasteiger charge is -2.22. The van der Waals surface area contributed by atoms with Crippen molar-refractivity contribution in [3.63, 3.8) is 0 Å². The van der Waals surface area contributed by atoms with Crippen LogP contribution in [0.2, 0.25) is 0 Å². The number of carboxylic acids is 1. The fourth-order valence-corrected chi connectivity index (χ4v) is 2.09. The Morgan fingerprint density at radius 2 is 2.38 bits per heavy atom. The Morgan fingerprint density at radius 3 is 3.00 bits per heavy atom. The summed E-state index contributed by atoms with van der Waals surface area (Å²) < 4.78 is 10.3. The first kappa shape index (κ1) is 11.2. The van der Waals surface area contributed by atoms with Gasteiger partial charge in [0, 0.05) is 6.61 Å². The molecule has 6 nitrogen and oxygen atoms in total. The highest BCUT2D eigenvalue weighted by Crippen LogP contribution is 2.20. The molecular formula is C10H15NO5. The molecule has 0 spiro atoms. The average Bonchev–Trinajstić information content (AvgIpc) is 2.82. The van der Waals surface area contributed by atoms with Gasteiger partial charge in [-0.25, -0.2) is 4.79 Å². The Morgan fingerprint density at radius 1 is 1.56 bits per heavy atom. The molecule has 2 aliphatic heterocycles. The zero-order valence-corrected chi connectivity index (χ0v) is 8.92. The van der Waals surface area contributed by atoms with Gasteiger partial charge in [-0.1, -0.05) is 0 Å². The van der Waals surface area contributed by atoms with E-state index in [1.807, 2.05) is 0 Å². The normalized spacial score (nSPS) is 29.5. The summed E-state index contributed by atoms with van der Waals surface area (Å²) in [5, 5.41) is 8.71. The van der Waals surface area contributed by atoms with Gasteiger partial charge >= 0.3 is 12.1 Å². The Labute approximate surface area is 93.1 Å². The molecule has 1 amide bonds. The van der Waals surface area contributed by atoms with Gasteiger partial charge in [0.05, 0.1) is 25.1 Å². The summed E-state index contributed by atoms with van der Waals surface area (Å²) in [7, 11) is 0. The van der Waals surface area contributed by atoms with Crippen LogP contribution in [0.5, 0.6) is 0 Å². The van der Waals surface area contributed by atoms with Crippen LogP contribution >= 0.6 is 0 Å². The van der Waals surface area contributed by atoms with Crippen molar-refractivity contribution in [2.75, 3.05) is 19.8 Å². The van der Waals surface area contributed by atoms with E-state index in [4.69, 9.17) is 14.6 Å². The van der Waals surface area contributed by atoms with Crippen molar-refractivity contribution in [1.82, 2.24) is 4.90 Å². The smallest absolute Gasteiger partial charge is 0.410 e. The largest absolute Gasteiger partial charge is 0.481 e. The highest BCUT2D eigenvalue weighted by molar-refractivity contribution is 5.73. The van der Waals surface area contributed by atoms with Crippen molar-refractivity contribution in [2.45, 2.75) is 31.4 Å². The monoisotopic (exact) mass is 229 g/mol. The summed E-state index contributed by atoms with van der Waals surface area (Å²) in [6.07, 6.45) is 1.45. The lowest BCUT2D eigenvalue weighted by molar-refractivity contribution is -0.138. The van der Waals surface area contributed by atoms with Crippen LogP contribution in [0.25, 0.3) is 0 Å². The molecule has 16 heavy (non-hydrogen) atoms. The van der Waals surface area contributed by atoms with Gasteiger partial charge in [-0.05, 0) is 12.8 Å². The number of aliphatic carboxylic acids is 1. The number of cyclic esters (lactones) is 1. The van der Waals surface area contributed by atoms with Gasteiger partial charge in [0.15, 0.2) is 0 Å². The molecule has 0 aliphatic carbocycles. The fourth-order valence-electron chi connectivity index (χ4n) is 2.09. The molecule has 0 bridgehead atoms. The fraction of sp³-hybridized carbons (Fsp3) is 0.800.